The van der Waals surface area contributed by atoms with Crippen molar-refractivity contribution in [2.45, 2.75) is 31.8 Å². The number of ether oxygens (including phenoxy) is 1. The van der Waals surface area contributed by atoms with Crippen LogP contribution in [0.25, 0.3) is 0 Å². The van der Waals surface area contributed by atoms with Gasteiger partial charge in [0.15, 0.2) is 0 Å². The van der Waals surface area contributed by atoms with Crippen LogP contribution in [0.15, 0.2) is 54.6 Å². The third-order valence-electron chi connectivity index (χ3n) is 4.87. The molecule has 1 N–H and O–H groups in total. The Bertz CT molecular complexity index is 629. The van der Waals surface area contributed by atoms with Gasteiger partial charge in [-0.2, -0.15) is 0 Å². The summed E-state index contributed by atoms with van der Waals surface area (Å²) in [7, 11) is 2.22. The molecule has 24 heavy (non-hydrogen) atoms. The molecule has 2 aromatic carbocycles. The molecule has 2 aromatic rings. The molecule has 0 bridgehead atoms. The third kappa shape index (κ3) is 4.16. The average molecular weight is 324 g/mol. The van der Waals surface area contributed by atoms with E-state index in [0.29, 0.717) is 12.1 Å². The van der Waals surface area contributed by atoms with Crippen molar-refractivity contribution < 1.29 is 4.74 Å². The van der Waals surface area contributed by atoms with Crippen molar-refractivity contribution in [3.63, 3.8) is 0 Å². The lowest BCUT2D eigenvalue weighted by molar-refractivity contribution is 0.275. The Morgan fingerprint density at radius 2 is 1.83 bits per heavy atom. The van der Waals surface area contributed by atoms with Crippen molar-refractivity contribution in [1.82, 2.24) is 10.2 Å². The fourth-order valence-corrected chi connectivity index (χ4v) is 3.56. The summed E-state index contributed by atoms with van der Waals surface area (Å²) in [6, 6.07) is 20.0. The number of nitrogens with one attached hydrogen (secondary N) is 1. The highest BCUT2D eigenvalue weighted by Gasteiger charge is 2.32. The van der Waals surface area contributed by atoms with Crippen LogP contribution >= 0.6 is 0 Å². The SMILES string of the molecule is Cc1ccccc1OCCCN[C@@H]1CCN(C)[C@H]1c1ccccc1. The number of likely N-dealkylation sites (N-methyl/N-ethyl adjacent to an activating group) is 1. The Hall–Kier alpha value is -1.84. The maximum absolute atomic E-state index is 5.88. The molecular formula is C21H28N2O. The van der Waals surface area contributed by atoms with E-state index >= 15 is 0 Å². The van der Waals surface area contributed by atoms with Gasteiger partial charge in [0.1, 0.15) is 5.75 Å². The second kappa shape index (κ2) is 8.32. The van der Waals surface area contributed by atoms with E-state index in [0.717, 1.165) is 31.9 Å². The van der Waals surface area contributed by atoms with Crippen molar-refractivity contribution >= 4 is 0 Å². The first-order valence-electron chi connectivity index (χ1n) is 8.92. The van der Waals surface area contributed by atoms with E-state index in [2.05, 4.69) is 60.6 Å². The normalized spacial score (nSPS) is 21.1. The standard InChI is InChI=1S/C21H28N2O/c1-17-9-6-7-12-20(17)24-16-8-14-22-19-13-15-23(2)21(19)18-10-4-3-5-11-18/h3-7,9-12,19,21-22H,8,13-16H2,1-2H3/t19-,21+/m1/s1. The number of hydrogen-bond donors (Lipinski definition) is 1. The summed E-state index contributed by atoms with van der Waals surface area (Å²) >= 11 is 0. The van der Waals surface area contributed by atoms with Gasteiger partial charge in [0.05, 0.1) is 6.61 Å². The molecule has 0 spiro atoms. The predicted octanol–water partition coefficient (Wildman–Crippen LogP) is 3.80. The van der Waals surface area contributed by atoms with Crippen molar-refractivity contribution in [3.05, 3.63) is 65.7 Å². The number of likely N-dealkylation sites (tertiary alicyclic amines) is 1. The van der Waals surface area contributed by atoms with E-state index < -0.39 is 0 Å². The Morgan fingerprint density at radius 1 is 1.08 bits per heavy atom. The van der Waals surface area contributed by atoms with E-state index in [1.54, 1.807) is 0 Å². The maximum atomic E-state index is 5.88. The number of benzene rings is 2. The molecule has 3 nitrogen and oxygen atoms in total. The lowest BCUT2D eigenvalue weighted by Gasteiger charge is -2.26. The Labute approximate surface area is 145 Å². The summed E-state index contributed by atoms with van der Waals surface area (Å²) < 4.78 is 5.88. The first-order chi connectivity index (χ1) is 11.8. The molecule has 128 valence electrons. The molecule has 2 atom stereocenters. The van der Waals surface area contributed by atoms with Gasteiger partial charge in [-0.3, -0.25) is 4.90 Å². The molecule has 0 unspecified atom stereocenters. The van der Waals surface area contributed by atoms with E-state index in [4.69, 9.17) is 4.74 Å². The molecule has 1 heterocycles. The molecule has 0 aromatic heterocycles. The fourth-order valence-electron chi connectivity index (χ4n) is 3.56. The van der Waals surface area contributed by atoms with E-state index in [9.17, 15) is 0 Å². The molecule has 3 rings (SSSR count). The van der Waals surface area contributed by atoms with Gasteiger partial charge < -0.3 is 10.1 Å². The third-order valence-corrected chi connectivity index (χ3v) is 4.87. The van der Waals surface area contributed by atoms with Gasteiger partial charge in [0.25, 0.3) is 0 Å². The lowest BCUT2D eigenvalue weighted by atomic mass is 10.0. The number of para-hydroxylation sites is 1. The highest BCUT2D eigenvalue weighted by molar-refractivity contribution is 5.31. The molecule has 3 heteroatoms. The molecule has 0 saturated carbocycles. The van der Waals surface area contributed by atoms with E-state index in [1.807, 2.05) is 18.2 Å². The van der Waals surface area contributed by atoms with Crippen LogP contribution < -0.4 is 10.1 Å². The molecule has 1 aliphatic heterocycles. The van der Waals surface area contributed by atoms with Gasteiger partial charge >= 0.3 is 0 Å². The van der Waals surface area contributed by atoms with Crippen molar-refractivity contribution in [2.24, 2.45) is 0 Å². The van der Waals surface area contributed by atoms with E-state index in [-0.39, 0.29) is 0 Å². The first kappa shape index (κ1) is 17.0. The summed E-state index contributed by atoms with van der Waals surface area (Å²) in [4.78, 5) is 2.46. The molecule has 0 amide bonds. The zero-order chi connectivity index (χ0) is 16.8. The Balaban J connectivity index is 1.45. The maximum Gasteiger partial charge on any atom is 0.122 e. The number of nitrogens with zero attached hydrogens (tertiary/aromatic N) is 1. The second-order valence-electron chi connectivity index (χ2n) is 6.65. The largest absolute Gasteiger partial charge is 0.493 e. The first-order valence-corrected chi connectivity index (χ1v) is 8.92. The molecular weight excluding hydrogens is 296 g/mol. The van der Waals surface area contributed by atoms with Crippen LogP contribution in [0.3, 0.4) is 0 Å². The highest BCUT2D eigenvalue weighted by atomic mass is 16.5. The summed E-state index contributed by atoms with van der Waals surface area (Å²) in [6.45, 7) is 4.99. The smallest absolute Gasteiger partial charge is 0.122 e. The molecule has 1 saturated heterocycles. The van der Waals surface area contributed by atoms with Crippen LogP contribution in [0.1, 0.15) is 30.0 Å². The number of hydrogen-bond acceptors (Lipinski definition) is 3. The predicted molar refractivity (Wildman–Crippen MR) is 99.5 cm³/mol. The van der Waals surface area contributed by atoms with Crippen LogP contribution in [0, 0.1) is 6.92 Å². The average Bonchev–Trinajstić information content (AvgIpc) is 2.97. The van der Waals surface area contributed by atoms with Crippen LogP contribution in [-0.4, -0.2) is 37.7 Å². The zero-order valence-electron chi connectivity index (χ0n) is 14.7. The van der Waals surface area contributed by atoms with Gasteiger partial charge in [0, 0.05) is 18.6 Å². The van der Waals surface area contributed by atoms with Gasteiger partial charge in [0.2, 0.25) is 0 Å². The summed E-state index contributed by atoms with van der Waals surface area (Å²) in [6.07, 6.45) is 2.23. The molecule has 1 fully saturated rings. The van der Waals surface area contributed by atoms with Gasteiger partial charge in [-0.25, -0.2) is 0 Å². The summed E-state index contributed by atoms with van der Waals surface area (Å²) in [5.41, 5.74) is 2.61. The molecule has 1 aliphatic rings. The van der Waals surface area contributed by atoms with Gasteiger partial charge in [-0.05, 0) is 50.6 Å². The lowest BCUT2D eigenvalue weighted by Crippen LogP contribution is -2.35. The Morgan fingerprint density at radius 3 is 2.62 bits per heavy atom. The minimum absolute atomic E-state index is 0.475. The second-order valence-corrected chi connectivity index (χ2v) is 6.65. The van der Waals surface area contributed by atoms with Crippen LogP contribution in [0.2, 0.25) is 0 Å². The van der Waals surface area contributed by atoms with Crippen molar-refractivity contribution in [3.8, 4) is 5.75 Å². The quantitative estimate of drug-likeness (QED) is 0.784. The van der Waals surface area contributed by atoms with Crippen molar-refractivity contribution in [1.29, 1.82) is 0 Å². The monoisotopic (exact) mass is 324 g/mol. The molecule has 0 radical (unpaired) electrons. The van der Waals surface area contributed by atoms with E-state index in [1.165, 1.54) is 17.5 Å². The van der Waals surface area contributed by atoms with Crippen LogP contribution in [0.4, 0.5) is 0 Å². The molecule has 0 aliphatic carbocycles. The number of aryl methyl sites for hydroxylation is 1. The Kier molecular flexibility index (Phi) is 5.89. The van der Waals surface area contributed by atoms with Gasteiger partial charge in [-0.15, -0.1) is 0 Å². The summed E-state index contributed by atoms with van der Waals surface area (Å²) in [5.74, 6) is 1.00. The minimum Gasteiger partial charge on any atom is -0.493 e. The minimum atomic E-state index is 0.475. The van der Waals surface area contributed by atoms with Crippen LogP contribution in [-0.2, 0) is 0 Å². The van der Waals surface area contributed by atoms with Gasteiger partial charge in [-0.1, -0.05) is 48.5 Å². The topological polar surface area (TPSA) is 24.5 Å². The zero-order valence-corrected chi connectivity index (χ0v) is 14.7. The highest BCUT2D eigenvalue weighted by Crippen LogP contribution is 2.30. The fraction of sp³-hybridized carbons (Fsp3) is 0.429. The number of rotatable bonds is 7. The summed E-state index contributed by atoms with van der Waals surface area (Å²) in [5, 5.41) is 3.74. The van der Waals surface area contributed by atoms with Crippen LogP contribution in [0.5, 0.6) is 5.75 Å². The van der Waals surface area contributed by atoms with Crippen molar-refractivity contribution in [2.75, 3.05) is 26.7 Å².